The molecule has 1 aromatic rings. The first kappa shape index (κ1) is 11.7. The van der Waals surface area contributed by atoms with E-state index >= 15 is 0 Å². The van der Waals surface area contributed by atoms with Gasteiger partial charge in [0.15, 0.2) is 0 Å². The van der Waals surface area contributed by atoms with Crippen molar-refractivity contribution in [1.82, 2.24) is 4.98 Å². The van der Waals surface area contributed by atoms with Gasteiger partial charge in [-0.1, -0.05) is 0 Å². The first-order chi connectivity index (χ1) is 7.89. The molecule has 0 unspecified atom stereocenters. The van der Waals surface area contributed by atoms with E-state index in [2.05, 4.69) is 4.98 Å². The van der Waals surface area contributed by atoms with Gasteiger partial charge in [0.05, 0.1) is 0 Å². The van der Waals surface area contributed by atoms with E-state index in [1.54, 1.807) is 0 Å². The molecular formula is C10H9F3N2O2. The topological polar surface area (TPSA) is 53.4 Å². The molecule has 2 heterocycles. The summed E-state index contributed by atoms with van der Waals surface area (Å²) in [5.41, 5.74) is -1.26. The summed E-state index contributed by atoms with van der Waals surface area (Å²) in [5.74, 6) is -1.37. The van der Waals surface area contributed by atoms with Gasteiger partial charge in [-0.25, -0.2) is 9.78 Å². The van der Waals surface area contributed by atoms with Crippen molar-refractivity contribution in [1.29, 1.82) is 0 Å². The summed E-state index contributed by atoms with van der Waals surface area (Å²) in [7, 11) is 0. The van der Waals surface area contributed by atoms with Crippen molar-refractivity contribution in [3.63, 3.8) is 0 Å². The number of carbonyl (C=O) groups is 1. The SMILES string of the molecule is O=C(O)c1ccc(C(F)(F)F)nc1N1CCC1. The van der Waals surface area contributed by atoms with Crippen molar-refractivity contribution < 1.29 is 23.1 Å². The average Bonchev–Trinajstić information content (AvgIpc) is 2.13. The van der Waals surface area contributed by atoms with E-state index in [1.807, 2.05) is 0 Å². The molecule has 1 aliphatic heterocycles. The van der Waals surface area contributed by atoms with Crippen LogP contribution < -0.4 is 4.90 Å². The van der Waals surface area contributed by atoms with E-state index in [4.69, 9.17) is 5.11 Å². The van der Waals surface area contributed by atoms with Crippen molar-refractivity contribution >= 4 is 11.8 Å². The number of hydrogen-bond donors (Lipinski definition) is 1. The number of aromatic carboxylic acids is 1. The molecule has 0 atom stereocenters. The number of halogens is 3. The van der Waals surface area contributed by atoms with E-state index in [1.165, 1.54) is 4.90 Å². The summed E-state index contributed by atoms with van der Waals surface area (Å²) in [4.78, 5) is 15.8. The zero-order valence-electron chi connectivity index (χ0n) is 8.66. The van der Waals surface area contributed by atoms with Gasteiger partial charge in [0.1, 0.15) is 17.1 Å². The first-order valence-corrected chi connectivity index (χ1v) is 4.96. The quantitative estimate of drug-likeness (QED) is 0.867. The average molecular weight is 246 g/mol. The summed E-state index contributed by atoms with van der Waals surface area (Å²) in [5, 5.41) is 8.88. The van der Waals surface area contributed by atoms with Gasteiger partial charge in [0, 0.05) is 13.1 Å². The number of anilines is 1. The Bertz CT molecular complexity index is 455. The van der Waals surface area contributed by atoms with Gasteiger partial charge in [-0.15, -0.1) is 0 Å². The molecule has 1 aromatic heterocycles. The minimum Gasteiger partial charge on any atom is -0.478 e. The van der Waals surface area contributed by atoms with Gasteiger partial charge in [-0.3, -0.25) is 0 Å². The van der Waals surface area contributed by atoms with Crippen LogP contribution in [-0.4, -0.2) is 29.1 Å². The van der Waals surface area contributed by atoms with Crippen molar-refractivity contribution in [2.24, 2.45) is 0 Å². The number of pyridine rings is 1. The number of rotatable bonds is 2. The molecule has 0 aromatic carbocycles. The van der Waals surface area contributed by atoms with Gasteiger partial charge < -0.3 is 10.0 Å². The Balaban J connectivity index is 2.46. The van der Waals surface area contributed by atoms with Crippen LogP contribution in [-0.2, 0) is 6.18 Å². The Labute approximate surface area is 94.7 Å². The first-order valence-electron chi connectivity index (χ1n) is 4.96. The maximum absolute atomic E-state index is 12.5. The van der Waals surface area contributed by atoms with Crippen LogP contribution in [0.1, 0.15) is 22.5 Å². The lowest BCUT2D eigenvalue weighted by Crippen LogP contribution is -2.39. The highest BCUT2D eigenvalue weighted by Crippen LogP contribution is 2.31. The Morgan fingerprint density at radius 2 is 2.00 bits per heavy atom. The zero-order valence-corrected chi connectivity index (χ0v) is 8.66. The Hall–Kier alpha value is -1.79. The van der Waals surface area contributed by atoms with Gasteiger partial charge in [-0.2, -0.15) is 13.2 Å². The largest absolute Gasteiger partial charge is 0.478 e. The van der Waals surface area contributed by atoms with Crippen LogP contribution in [0.3, 0.4) is 0 Å². The van der Waals surface area contributed by atoms with Gasteiger partial charge in [-0.05, 0) is 18.6 Å². The van der Waals surface area contributed by atoms with Gasteiger partial charge in [0.2, 0.25) is 0 Å². The molecule has 1 aliphatic rings. The molecule has 7 heteroatoms. The third-order valence-electron chi connectivity index (χ3n) is 2.55. The van der Waals surface area contributed by atoms with Gasteiger partial charge >= 0.3 is 12.1 Å². The smallest absolute Gasteiger partial charge is 0.433 e. The Morgan fingerprint density at radius 3 is 2.41 bits per heavy atom. The van der Waals surface area contributed by atoms with E-state index in [0.29, 0.717) is 19.2 Å². The van der Waals surface area contributed by atoms with Crippen molar-refractivity contribution in [3.8, 4) is 0 Å². The molecule has 0 saturated carbocycles. The highest BCUT2D eigenvalue weighted by Gasteiger charge is 2.34. The molecular weight excluding hydrogens is 237 g/mol. The molecule has 1 N–H and O–H groups in total. The number of carboxylic acid groups (broad SMARTS) is 1. The second-order valence-corrected chi connectivity index (χ2v) is 3.71. The van der Waals surface area contributed by atoms with Crippen LogP contribution in [0.4, 0.5) is 19.0 Å². The van der Waals surface area contributed by atoms with Crippen LogP contribution in [0.15, 0.2) is 12.1 Å². The molecule has 2 rings (SSSR count). The van der Waals surface area contributed by atoms with Crippen LogP contribution in [0.5, 0.6) is 0 Å². The van der Waals surface area contributed by atoms with Crippen molar-refractivity contribution in [2.75, 3.05) is 18.0 Å². The lowest BCUT2D eigenvalue weighted by atomic mass is 10.1. The molecule has 17 heavy (non-hydrogen) atoms. The lowest BCUT2D eigenvalue weighted by Gasteiger charge is -2.33. The molecule has 0 radical (unpaired) electrons. The normalized spacial score (nSPS) is 15.6. The Morgan fingerprint density at radius 1 is 1.35 bits per heavy atom. The van der Waals surface area contributed by atoms with Gasteiger partial charge in [0.25, 0.3) is 0 Å². The molecule has 0 amide bonds. The molecule has 0 aliphatic carbocycles. The summed E-state index contributed by atoms with van der Waals surface area (Å²) in [6.07, 6.45) is -3.73. The fraction of sp³-hybridized carbons (Fsp3) is 0.400. The summed E-state index contributed by atoms with van der Waals surface area (Å²) in [6, 6.07) is 1.64. The maximum atomic E-state index is 12.5. The summed E-state index contributed by atoms with van der Waals surface area (Å²) < 4.78 is 37.4. The van der Waals surface area contributed by atoms with E-state index < -0.39 is 17.8 Å². The maximum Gasteiger partial charge on any atom is 0.433 e. The van der Waals surface area contributed by atoms with Crippen LogP contribution in [0.25, 0.3) is 0 Å². The third kappa shape index (κ3) is 2.17. The monoisotopic (exact) mass is 246 g/mol. The zero-order chi connectivity index (χ0) is 12.6. The molecule has 4 nitrogen and oxygen atoms in total. The summed E-state index contributed by atoms with van der Waals surface area (Å²) >= 11 is 0. The molecule has 0 spiro atoms. The number of hydrogen-bond acceptors (Lipinski definition) is 3. The van der Waals surface area contributed by atoms with E-state index in [9.17, 15) is 18.0 Å². The minimum absolute atomic E-state index is 0.0985. The second kappa shape index (κ2) is 3.90. The van der Waals surface area contributed by atoms with E-state index in [-0.39, 0.29) is 11.4 Å². The Kier molecular flexibility index (Phi) is 2.68. The fourth-order valence-corrected chi connectivity index (χ4v) is 1.54. The summed E-state index contributed by atoms with van der Waals surface area (Å²) in [6.45, 7) is 1.07. The fourth-order valence-electron chi connectivity index (χ4n) is 1.54. The minimum atomic E-state index is -4.56. The van der Waals surface area contributed by atoms with Crippen LogP contribution >= 0.6 is 0 Å². The lowest BCUT2D eigenvalue weighted by molar-refractivity contribution is -0.141. The highest BCUT2D eigenvalue weighted by atomic mass is 19.4. The molecule has 1 fully saturated rings. The second-order valence-electron chi connectivity index (χ2n) is 3.71. The number of aromatic nitrogens is 1. The van der Waals surface area contributed by atoms with Crippen molar-refractivity contribution in [3.05, 3.63) is 23.4 Å². The predicted molar refractivity (Wildman–Crippen MR) is 53.0 cm³/mol. The standard InChI is InChI=1S/C10H9F3N2O2/c11-10(12,13)7-3-2-6(9(16)17)8(14-7)15-4-1-5-15/h2-3H,1,4-5H2,(H,16,17). The molecule has 0 bridgehead atoms. The number of alkyl halides is 3. The van der Waals surface area contributed by atoms with Crippen LogP contribution in [0, 0.1) is 0 Å². The molecule has 1 saturated heterocycles. The number of carboxylic acids is 1. The van der Waals surface area contributed by atoms with Crippen molar-refractivity contribution in [2.45, 2.75) is 12.6 Å². The highest BCUT2D eigenvalue weighted by molar-refractivity contribution is 5.93. The van der Waals surface area contributed by atoms with Crippen LogP contribution in [0.2, 0.25) is 0 Å². The molecule has 92 valence electrons. The third-order valence-corrected chi connectivity index (χ3v) is 2.55. The van der Waals surface area contributed by atoms with E-state index in [0.717, 1.165) is 12.5 Å². The number of nitrogens with zero attached hydrogens (tertiary/aromatic N) is 2. The predicted octanol–water partition coefficient (Wildman–Crippen LogP) is 2.01.